The van der Waals surface area contributed by atoms with Gasteiger partial charge in [-0.15, -0.1) is 10.2 Å². The number of alkyl halides is 3. The van der Waals surface area contributed by atoms with Crippen molar-refractivity contribution in [1.29, 1.82) is 0 Å². The molecule has 0 aliphatic carbocycles. The van der Waals surface area contributed by atoms with E-state index >= 15 is 8.78 Å². The molecule has 1 aliphatic heterocycles. The maximum absolute atomic E-state index is 15.6. The lowest BCUT2D eigenvalue weighted by molar-refractivity contribution is 0.0259. The predicted molar refractivity (Wildman–Crippen MR) is 128 cm³/mol. The van der Waals surface area contributed by atoms with Gasteiger partial charge in [0.2, 0.25) is 11.8 Å². The van der Waals surface area contributed by atoms with Gasteiger partial charge < -0.3 is 9.88 Å². The van der Waals surface area contributed by atoms with E-state index in [2.05, 4.69) is 35.6 Å². The van der Waals surface area contributed by atoms with E-state index in [1.807, 2.05) is 0 Å². The van der Waals surface area contributed by atoms with E-state index in [0.29, 0.717) is 28.8 Å². The van der Waals surface area contributed by atoms with Crippen molar-refractivity contribution in [3.8, 4) is 22.9 Å². The lowest BCUT2D eigenvalue weighted by atomic mass is 10.1. The smallest absolute Gasteiger partial charge is 0.333 e. The van der Waals surface area contributed by atoms with Crippen molar-refractivity contribution < 1.29 is 13.2 Å². The number of hydrogen-bond donors (Lipinski definition) is 1. The molecule has 0 saturated carbocycles. The maximum atomic E-state index is 15.6. The molecule has 6 rings (SSSR count). The molecule has 0 fully saturated rings. The second-order valence-electron chi connectivity index (χ2n) is 8.44. The Bertz CT molecular complexity index is 1610. The summed E-state index contributed by atoms with van der Waals surface area (Å²) in [6.45, 7) is -0.804. The van der Waals surface area contributed by atoms with E-state index in [4.69, 9.17) is 11.6 Å². The molecule has 10 nitrogen and oxygen atoms in total. The van der Waals surface area contributed by atoms with Crippen LogP contribution in [0.4, 0.5) is 24.9 Å². The SMILES string of the molecule is Cn1nccc1Nc1ncnc(-c2cc3n(c2)C[C@H](CF)n2c-3nnc2C(F)(F)c2ccccc2Cl)n1. The summed E-state index contributed by atoms with van der Waals surface area (Å²) in [6, 6.07) is 8.12. The van der Waals surface area contributed by atoms with Crippen molar-refractivity contribution in [1.82, 2.24) is 44.1 Å². The first-order chi connectivity index (χ1) is 17.9. The highest BCUT2D eigenvalue weighted by Gasteiger charge is 2.45. The van der Waals surface area contributed by atoms with Gasteiger partial charge in [-0.2, -0.15) is 18.9 Å². The van der Waals surface area contributed by atoms with E-state index in [9.17, 15) is 4.39 Å². The number of halogens is 4. The van der Waals surface area contributed by atoms with Gasteiger partial charge >= 0.3 is 5.92 Å². The first-order valence-electron chi connectivity index (χ1n) is 11.2. The first-order valence-corrected chi connectivity index (χ1v) is 11.5. The average molecular weight is 527 g/mol. The molecule has 5 aromatic rings. The molecular formula is C23H18ClF3N10. The van der Waals surface area contributed by atoms with Gasteiger partial charge in [-0.3, -0.25) is 9.25 Å². The van der Waals surface area contributed by atoms with Gasteiger partial charge in [0.25, 0.3) is 0 Å². The van der Waals surface area contributed by atoms with Crippen LogP contribution in [0.5, 0.6) is 0 Å². The van der Waals surface area contributed by atoms with Crippen molar-refractivity contribution in [3.05, 3.63) is 71.5 Å². The zero-order chi connectivity index (χ0) is 25.7. The Morgan fingerprint density at radius 1 is 1.16 bits per heavy atom. The van der Waals surface area contributed by atoms with E-state index in [1.54, 1.807) is 46.9 Å². The molecule has 0 spiro atoms. The van der Waals surface area contributed by atoms with E-state index in [1.165, 1.54) is 24.5 Å². The van der Waals surface area contributed by atoms with Gasteiger partial charge in [0.1, 0.15) is 18.8 Å². The first kappa shape index (κ1) is 23.2. The molecule has 14 heteroatoms. The minimum Gasteiger partial charge on any atom is -0.342 e. The zero-order valence-electron chi connectivity index (χ0n) is 19.2. The molecule has 37 heavy (non-hydrogen) atoms. The maximum Gasteiger partial charge on any atom is 0.333 e. The average Bonchev–Trinajstić information content (AvgIpc) is 3.62. The lowest BCUT2D eigenvalue weighted by Crippen LogP contribution is -2.30. The van der Waals surface area contributed by atoms with Gasteiger partial charge in [0.15, 0.2) is 11.6 Å². The van der Waals surface area contributed by atoms with Crippen LogP contribution in [0.1, 0.15) is 17.4 Å². The number of rotatable bonds is 6. The molecule has 1 aliphatic rings. The van der Waals surface area contributed by atoms with Crippen LogP contribution in [-0.2, 0) is 19.5 Å². The topological polar surface area (TPSA) is 104 Å². The molecule has 1 atom stereocenters. The van der Waals surface area contributed by atoms with E-state index in [-0.39, 0.29) is 17.4 Å². The molecule has 5 heterocycles. The number of fused-ring (bicyclic) bond motifs is 3. The van der Waals surface area contributed by atoms with Gasteiger partial charge in [-0.05, 0) is 12.1 Å². The largest absolute Gasteiger partial charge is 0.342 e. The van der Waals surface area contributed by atoms with Crippen molar-refractivity contribution in [3.63, 3.8) is 0 Å². The Labute approximate surface area is 212 Å². The molecule has 0 radical (unpaired) electrons. The van der Waals surface area contributed by atoms with Crippen LogP contribution in [0.15, 0.2) is 55.1 Å². The third-order valence-corrected chi connectivity index (χ3v) is 6.49. The second kappa shape index (κ2) is 8.69. The minimum atomic E-state index is -3.59. The summed E-state index contributed by atoms with van der Waals surface area (Å²) < 4.78 is 49.8. The predicted octanol–water partition coefficient (Wildman–Crippen LogP) is 4.39. The Morgan fingerprint density at radius 2 is 2.00 bits per heavy atom. The van der Waals surface area contributed by atoms with Gasteiger partial charge in [0, 0.05) is 37.0 Å². The number of nitrogens with one attached hydrogen (secondary N) is 1. The highest BCUT2D eigenvalue weighted by Crippen LogP contribution is 2.43. The van der Waals surface area contributed by atoms with Crippen LogP contribution in [0.3, 0.4) is 0 Å². The Hall–Kier alpha value is -4.26. The normalized spacial score (nSPS) is 14.9. The number of nitrogens with zero attached hydrogens (tertiary/aromatic N) is 9. The fraction of sp³-hybridized carbons (Fsp3) is 0.217. The molecule has 188 valence electrons. The van der Waals surface area contributed by atoms with Crippen LogP contribution in [0.2, 0.25) is 5.02 Å². The van der Waals surface area contributed by atoms with Crippen molar-refractivity contribution in [2.24, 2.45) is 7.05 Å². The molecule has 1 N–H and O–H groups in total. The quantitative estimate of drug-likeness (QED) is 0.350. The van der Waals surface area contributed by atoms with Crippen LogP contribution < -0.4 is 5.32 Å². The molecular weight excluding hydrogens is 509 g/mol. The fourth-order valence-corrected chi connectivity index (χ4v) is 4.62. The molecule has 1 aromatic carbocycles. The van der Waals surface area contributed by atoms with Crippen molar-refractivity contribution in [2.45, 2.75) is 18.5 Å². The number of aromatic nitrogens is 9. The monoisotopic (exact) mass is 526 g/mol. The number of hydrogen-bond acceptors (Lipinski definition) is 7. The summed E-state index contributed by atoms with van der Waals surface area (Å²) in [5, 5.41) is 14.9. The summed E-state index contributed by atoms with van der Waals surface area (Å²) in [6.07, 6.45) is 4.71. The molecule has 0 amide bonds. The van der Waals surface area contributed by atoms with Crippen LogP contribution in [0, 0.1) is 0 Å². The van der Waals surface area contributed by atoms with Gasteiger partial charge in [-0.1, -0.05) is 29.8 Å². The Kier molecular flexibility index (Phi) is 5.44. The van der Waals surface area contributed by atoms with Gasteiger partial charge in [0.05, 0.1) is 23.0 Å². The van der Waals surface area contributed by atoms with E-state index < -0.39 is 30.0 Å². The summed E-state index contributed by atoms with van der Waals surface area (Å²) in [5.41, 5.74) is 0.638. The Balaban J connectivity index is 1.40. The van der Waals surface area contributed by atoms with E-state index in [0.717, 1.165) is 4.57 Å². The summed E-state index contributed by atoms with van der Waals surface area (Å²) in [4.78, 5) is 12.8. The summed E-state index contributed by atoms with van der Waals surface area (Å²) >= 11 is 6.05. The van der Waals surface area contributed by atoms with Crippen LogP contribution in [-0.4, -0.2) is 50.7 Å². The van der Waals surface area contributed by atoms with Crippen LogP contribution >= 0.6 is 11.6 Å². The Morgan fingerprint density at radius 3 is 2.76 bits per heavy atom. The second-order valence-corrected chi connectivity index (χ2v) is 8.85. The summed E-state index contributed by atoms with van der Waals surface area (Å²) in [7, 11) is 1.77. The zero-order valence-corrected chi connectivity index (χ0v) is 20.0. The standard InChI is InChI=1S/C23H18ClF3N10/c1-35-18(6-7-30-35)31-22-29-12-28-19(32-22)13-8-17-20-33-34-21(37(20)14(9-25)11-36(17)10-13)23(26,27)15-4-2-3-5-16(15)24/h2-8,10,12,14H,9,11H2,1H3,(H,28,29,31,32)/t14-/m0/s1. The molecule has 0 saturated heterocycles. The van der Waals surface area contributed by atoms with Gasteiger partial charge in [-0.25, -0.2) is 14.4 Å². The third-order valence-electron chi connectivity index (χ3n) is 6.16. The number of anilines is 2. The third kappa shape index (κ3) is 3.82. The highest BCUT2D eigenvalue weighted by molar-refractivity contribution is 6.31. The van der Waals surface area contributed by atoms with Crippen LogP contribution in [0.25, 0.3) is 22.9 Å². The lowest BCUT2D eigenvalue weighted by Gasteiger charge is -2.28. The molecule has 0 unspecified atom stereocenters. The van der Waals surface area contributed by atoms with Crippen molar-refractivity contribution >= 4 is 23.4 Å². The number of benzene rings is 1. The summed E-state index contributed by atoms with van der Waals surface area (Å²) in [5.74, 6) is -2.83. The highest BCUT2D eigenvalue weighted by atomic mass is 35.5. The van der Waals surface area contributed by atoms with Crippen molar-refractivity contribution in [2.75, 3.05) is 12.0 Å². The molecule has 4 aromatic heterocycles. The minimum absolute atomic E-state index is 0.0910. The molecule has 0 bridgehead atoms. The number of aryl methyl sites for hydroxylation is 1. The fourth-order valence-electron chi connectivity index (χ4n) is 4.37.